The van der Waals surface area contributed by atoms with E-state index in [0.29, 0.717) is 18.3 Å². The molecule has 0 saturated heterocycles. The second kappa shape index (κ2) is 4.91. The van der Waals surface area contributed by atoms with Crippen molar-refractivity contribution >= 4 is 21.5 Å². The van der Waals surface area contributed by atoms with Crippen LogP contribution in [0.25, 0.3) is 0 Å². The summed E-state index contributed by atoms with van der Waals surface area (Å²) < 4.78 is 25.5. The van der Waals surface area contributed by atoms with Crippen LogP contribution in [0.3, 0.4) is 0 Å². The summed E-state index contributed by atoms with van der Waals surface area (Å²) in [7, 11) is -3.24. The van der Waals surface area contributed by atoms with Crippen LogP contribution in [0.1, 0.15) is 26.2 Å². The fourth-order valence-electron chi connectivity index (χ4n) is 1.48. The zero-order valence-corrected chi connectivity index (χ0v) is 10.6. The first-order valence-electron chi connectivity index (χ1n) is 5.82. The summed E-state index contributed by atoms with van der Waals surface area (Å²) in [6.07, 6.45) is 4.65. The smallest absolute Gasteiger partial charge is 0.233 e. The van der Waals surface area contributed by atoms with Crippen LogP contribution in [-0.2, 0) is 10.0 Å². The first kappa shape index (κ1) is 12.2. The molecule has 0 aliphatic heterocycles. The van der Waals surface area contributed by atoms with E-state index < -0.39 is 10.0 Å². The molecule has 17 heavy (non-hydrogen) atoms. The molecule has 1 heterocycles. The van der Waals surface area contributed by atoms with Crippen molar-refractivity contribution in [1.82, 2.24) is 4.98 Å². The van der Waals surface area contributed by atoms with Gasteiger partial charge < -0.3 is 5.32 Å². The minimum Gasteiger partial charge on any atom is -0.381 e. The number of nitrogens with one attached hydrogen (secondary N) is 2. The fourth-order valence-corrected chi connectivity index (χ4v) is 2.56. The van der Waals surface area contributed by atoms with Crippen LogP contribution in [0.5, 0.6) is 0 Å². The van der Waals surface area contributed by atoms with Gasteiger partial charge in [-0.25, -0.2) is 13.4 Å². The third-order valence-electron chi connectivity index (χ3n) is 2.44. The Labute approximate surface area is 102 Å². The Morgan fingerprint density at radius 3 is 2.71 bits per heavy atom. The van der Waals surface area contributed by atoms with E-state index in [4.69, 9.17) is 0 Å². The molecule has 0 spiro atoms. The number of anilines is 2. The molecule has 1 aliphatic rings. The molecule has 2 rings (SSSR count). The Morgan fingerprint density at radius 2 is 2.18 bits per heavy atom. The summed E-state index contributed by atoms with van der Waals surface area (Å²) in [5, 5.41) is 3.29. The van der Waals surface area contributed by atoms with Gasteiger partial charge in [0, 0.05) is 6.04 Å². The molecule has 2 N–H and O–H groups in total. The topological polar surface area (TPSA) is 71.1 Å². The van der Waals surface area contributed by atoms with Crippen LogP contribution in [0.4, 0.5) is 11.5 Å². The minimum atomic E-state index is -3.24. The van der Waals surface area contributed by atoms with Crippen molar-refractivity contribution in [2.75, 3.05) is 15.8 Å². The predicted octanol–water partition coefficient (Wildman–Crippen LogP) is 1.81. The Bertz CT molecular complexity index is 466. The van der Waals surface area contributed by atoms with E-state index in [2.05, 4.69) is 15.0 Å². The van der Waals surface area contributed by atoms with Gasteiger partial charge in [-0.3, -0.25) is 4.72 Å². The van der Waals surface area contributed by atoms with Gasteiger partial charge in [0.25, 0.3) is 0 Å². The van der Waals surface area contributed by atoms with Crippen LogP contribution in [0.15, 0.2) is 18.3 Å². The zero-order valence-electron chi connectivity index (χ0n) is 9.81. The maximum Gasteiger partial charge on any atom is 0.233 e. The first-order chi connectivity index (χ1) is 8.09. The SMILES string of the molecule is CCCS(=O)(=O)Nc1ccc(NC2CC2)cn1. The standard InChI is InChI=1S/C11H17N3O2S/c1-2-7-17(15,16)14-11-6-5-10(8-12-11)13-9-3-4-9/h5-6,8-9,13H,2-4,7H2,1H3,(H,12,14). The number of sulfonamides is 1. The maximum atomic E-state index is 11.5. The maximum absolute atomic E-state index is 11.5. The lowest BCUT2D eigenvalue weighted by Gasteiger charge is -2.07. The Hall–Kier alpha value is -1.30. The van der Waals surface area contributed by atoms with Gasteiger partial charge in [0.1, 0.15) is 5.82 Å². The highest BCUT2D eigenvalue weighted by Gasteiger charge is 2.20. The fraction of sp³-hybridized carbons (Fsp3) is 0.545. The molecule has 0 bridgehead atoms. The van der Waals surface area contributed by atoms with E-state index in [-0.39, 0.29) is 5.75 Å². The van der Waals surface area contributed by atoms with E-state index >= 15 is 0 Å². The van der Waals surface area contributed by atoms with Gasteiger partial charge >= 0.3 is 0 Å². The number of hydrogen-bond donors (Lipinski definition) is 2. The molecular formula is C11H17N3O2S. The van der Waals surface area contributed by atoms with E-state index in [9.17, 15) is 8.42 Å². The molecule has 0 aromatic carbocycles. The monoisotopic (exact) mass is 255 g/mol. The van der Waals surface area contributed by atoms with Gasteiger partial charge in [0.05, 0.1) is 17.6 Å². The number of aromatic nitrogens is 1. The molecule has 0 radical (unpaired) electrons. The summed E-state index contributed by atoms with van der Waals surface area (Å²) in [6, 6.07) is 4.09. The van der Waals surface area contributed by atoms with Crippen LogP contribution < -0.4 is 10.0 Å². The normalized spacial score (nSPS) is 15.6. The van der Waals surface area contributed by atoms with Crippen LogP contribution in [0, 0.1) is 0 Å². The largest absolute Gasteiger partial charge is 0.381 e. The molecule has 0 unspecified atom stereocenters. The number of hydrogen-bond acceptors (Lipinski definition) is 4. The third kappa shape index (κ3) is 3.89. The van der Waals surface area contributed by atoms with Crippen molar-refractivity contribution in [3.05, 3.63) is 18.3 Å². The summed E-state index contributed by atoms with van der Waals surface area (Å²) >= 11 is 0. The number of rotatable bonds is 6. The summed E-state index contributed by atoms with van der Waals surface area (Å²) in [5.74, 6) is 0.497. The minimum absolute atomic E-state index is 0.122. The zero-order chi connectivity index (χ0) is 12.3. The van der Waals surface area contributed by atoms with Crippen molar-refractivity contribution in [3.8, 4) is 0 Å². The molecule has 5 nitrogen and oxygen atoms in total. The molecule has 1 fully saturated rings. The second-order valence-corrected chi connectivity index (χ2v) is 6.11. The van der Waals surface area contributed by atoms with Crippen molar-refractivity contribution in [2.24, 2.45) is 0 Å². The first-order valence-corrected chi connectivity index (χ1v) is 7.47. The summed E-state index contributed by atoms with van der Waals surface area (Å²) in [4.78, 5) is 4.07. The quantitative estimate of drug-likeness (QED) is 0.813. The lowest BCUT2D eigenvalue weighted by atomic mass is 10.4. The molecule has 1 aromatic heterocycles. The van der Waals surface area contributed by atoms with Gasteiger partial charge in [0.15, 0.2) is 0 Å². The lowest BCUT2D eigenvalue weighted by Crippen LogP contribution is -2.16. The lowest BCUT2D eigenvalue weighted by molar-refractivity contribution is 0.599. The van der Waals surface area contributed by atoms with E-state index in [1.54, 1.807) is 12.3 Å². The second-order valence-electron chi connectivity index (χ2n) is 4.27. The molecule has 94 valence electrons. The number of pyridine rings is 1. The van der Waals surface area contributed by atoms with Crippen molar-refractivity contribution < 1.29 is 8.42 Å². The van der Waals surface area contributed by atoms with E-state index in [1.807, 2.05) is 13.0 Å². The summed E-state index contributed by atoms with van der Waals surface area (Å²) in [6.45, 7) is 1.83. The average molecular weight is 255 g/mol. The van der Waals surface area contributed by atoms with Gasteiger partial charge in [0.2, 0.25) is 10.0 Å². The van der Waals surface area contributed by atoms with Gasteiger partial charge in [-0.15, -0.1) is 0 Å². The van der Waals surface area contributed by atoms with E-state index in [0.717, 1.165) is 5.69 Å². The highest BCUT2D eigenvalue weighted by Crippen LogP contribution is 2.24. The van der Waals surface area contributed by atoms with Crippen LogP contribution in [-0.4, -0.2) is 25.2 Å². The van der Waals surface area contributed by atoms with Gasteiger partial charge in [-0.1, -0.05) is 6.92 Å². The highest BCUT2D eigenvalue weighted by molar-refractivity contribution is 7.92. The molecule has 0 amide bonds. The highest BCUT2D eigenvalue weighted by atomic mass is 32.2. The molecule has 1 aliphatic carbocycles. The van der Waals surface area contributed by atoms with Gasteiger partial charge in [-0.2, -0.15) is 0 Å². The van der Waals surface area contributed by atoms with Crippen molar-refractivity contribution in [2.45, 2.75) is 32.2 Å². The predicted molar refractivity (Wildman–Crippen MR) is 68.6 cm³/mol. The average Bonchev–Trinajstić information content (AvgIpc) is 3.04. The molecule has 0 atom stereocenters. The Balaban J connectivity index is 1.97. The van der Waals surface area contributed by atoms with Crippen LogP contribution >= 0.6 is 0 Å². The number of nitrogens with zero attached hydrogens (tertiary/aromatic N) is 1. The Kier molecular flexibility index (Phi) is 3.51. The molecule has 1 aromatic rings. The van der Waals surface area contributed by atoms with E-state index in [1.165, 1.54) is 12.8 Å². The Morgan fingerprint density at radius 1 is 1.41 bits per heavy atom. The third-order valence-corrected chi connectivity index (χ3v) is 3.91. The summed E-state index contributed by atoms with van der Waals surface area (Å²) in [5.41, 5.74) is 0.936. The van der Waals surface area contributed by atoms with Crippen molar-refractivity contribution in [1.29, 1.82) is 0 Å². The van der Waals surface area contributed by atoms with Crippen molar-refractivity contribution in [3.63, 3.8) is 0 Å². The molecular weight excluding hydrogens is 238 g/mol. The van der Waals surface area contributed by atoms with Gasteiger partial charge in [-0.05, 0) is 31.4 Å². The van der Waals surface area contributed by atoms with Crippen LogP contribution in [0.2, 0.25) is 0 Å². The molecule has 6 heteroatoms. The molecule has 1 saturated carbocycles.